The van der Waals surface area contributed by atoms with Crippen LogP contribution < -0.4 is 15.8 Å². The highest BCUT2D eigenvalue weighted by molar-refractivity contribution is 5.99. The van der Waals surface area contributed by atoms with Crippen LogP contribution in [0.4, 0.5) is 5.69 Å². The smallest absolute Gasteiger partial charge is 0.253 e. The molecule has 9 nitrogen and oxygen atoms in total. The molecule has 1 unspecified atom stereocenters. The number of anilines is 1. The number of aromatic amines is 1. The number of pyridine rings is 1. The number of carbonyl (C=O) groups is 2. The van der Waals surface area contributed by atoms with E-state index in [0.717, 1.165) is 79.4 Å². The zero-order valence-electron chi connectivity index (χ0n) is 26.9. The fourth-order valence-corrected chi connectivity index (χ4v) is 6.58. The summed E-state index contributed by atoms with van der Waals surface area (Å²) in [5.74, 6) is -0.289. The number of rotatable bonds is 10. The molecule has 3 aromatic rings. The van der Waals surface area contributed by atoms with Gasteiger partial charge in [0.1, 0.15) is 0 Å². The van der Waals surface area contributed by atoms with Crippen LogP contribution in [0, 0.1) is 20.8 Å². The third kappa shape index (κ3) is 7.37. The lowest BCUT2D eigenvalue weighted by molar-refractivity contribution is -0.125. The molecule has 0 aliphatic carbocycles. The molecule has 9 heteroatoms. The van der Waals surface area contributed by atoms with Gasteiger partial charge in [-0.15, -0.1) is 0 Å². The molecule has 2 aliphatic heterocycles. The first kappa shape index (κ1) is 32.2. The summed E-state index contributed by atoms with van der Waals surface area (Å²) in [4.78, 5) is 48.3. The summed E-state index contributed by atoms with van der Waals surface area (Å²) in [7, 11) is 0. The number of aryl methyl sites for hydroxylation is 2. The van der Waals surface area contributed by atoms with Crippen LogP contribution in [0.25, 0.3) is 11.1 Å². The molecule has 1 aromatic heterocycles. The number of nitrogens with zero attached hydrogens (tertiary/aromatic N) is 3. The Kier molecular flexibility index (Phi) is 10.2. The molecule has 0 radical (unpaired) electrons. The van der Waals surface area contributed by atoms with E-state index in [9.17, 15) is 14.4 Å². The van der Waals surface area contributed by atoms with Crippen molar-refractivity contribution in [1.82, 2.24) is 20.1 Å². The van der Waals surface area contributed by atoms with E-state index in [-0.39, 0.29) is 30.0 Å². The highest BCUT2D eigenvalue weighted by Crippen LogP contribution is 2.34. The van der Waals surface area contributed by atoms with Crippen molar-refractivity contribution in [2.24, 2.45) is 0 Å². The molecular formula is C36H45N5O4. The number of likely N-dealkylation sites (N-methyl/N-ethyl adjacent to an activating group) is 1. The number of benzene rings is 2. The minimum atomic E-state index is -0.231. The highest BCUT2D eigenvalue weighted by Gasteiger charge is 2.31. The van der Waals surface area contributed by atoms with E-state index >= 15 is 0 Å². The maximum Gasteiger partial charge on any atom is 0.253 e. The molecule has 2 fully saturated rings. The Morgan fingerprint density at radius 2 is 1.87 bits per heavy atom. The Balaban J connectivity index is 1.51. The van der Waals surface area contributed by atoms with Crippen LogP contribution in [0.1, 0.15) is 51.7 Å². The van der Waals surface area contributed by atoms with Crippen molar-refractivity contribution in [2.45, 2.75) is 53.2 Å². The van der Waals surface area contributed by atoms with Crippen LogP contribution in [0.5, 0.6) is 0 Å². The van der Waals surface area contributed by atoms with Gasteiger partial charge in [0.2, 0.25) is 5.91 Å². The predicted octanol–water partition coefficient (Wildman–Crippen LogP) is 4.34. The molecule has 0 spiro atoms. The van der Waals surface area contributed by atoms with Gasteiger partial charge in [0.15, 0.2) is 0 Å². The Labute approximate surface area is 265 Å². The third-order valence-electron chi connectivity index (χ3n) is 9.06. The van der Waals surface area contributed by atoms with Gasteiger partial charge in [0.05, 0.1) is 13.2 Å². The zero-order chi connectivity index (χ0) is 32.1. The maximum atomic E-state index is 13.9. The predicted molar refractivity (Wildman–Crippen MR) is 179 cm³/mol. The summed E-state index contributed by atoms with van der Waals surface area (Å²) in [6.07, 6.45) is 2.21. The number of morpholine rings is 1. The standard InChI is InChI=1S/C36H45N5O4/c1-6-34(42)40-12-11-30(23-40)41(7-2)33-20-29(28-10-8-9-27(18-28)22-39-13-15-45-16-14-39)19-31(26(33)5)35(43)37-21-32-24(3)17-25(4)38-36(32)44/h6,8-10,17-20,30H,1,7,11-16,21-23H2,2-5H3,(H,37,43)(H,38,44). The quantitative estimate of drug-likeness (QED) is 0.331. The number of carbonyl (C=O) groups excluding carboxylic acids is 2. The molecule has 45 heavy (non-hydrogen) atoms. The Bertz CT molecular complexity index is 1620. The topological polar surface area (TPSA) is 98.0 Å². The molecule has 2 amide bonds. The normalized spacial score (nSPS) is 16.9. The molecule has 238 valence electrons. The van der Waals surface area contributed by atoms with Gasteiger partial charge < -0.3 is 24.8 Å². The fourth-order valence-electron chi connectivity index (χ4n) is 6.58. The summed E-state index contributed by atoms with van der Waals surface area (Å²) in [5.41, 5.74) is 7.59. The van der Waals surface area contributed by atoms with Crippen LogP contribution >= 0.6 is 0 Å². The first-order valence-corrected chi connectivity index (χ1v) is 15.9. The Hall–Kier alpha value is -4.21. The molecule has 2 saturated heterocycles. The second-order valence-electron chi connectivity index (χ2n) is 12.1. The van der Waals surface area contributed by atoms with Gasteiger partial charge in [-0.1, -0.05) is 24.8 Å². The lowest BCUT2D eigenvalue weighted by Gasteiger charge is -2.32. The van der Waals surface area contributed by atoms with Crippen molar-refractivity contribution in [3.63, 3.8) is 0 Å². The number of hydrogen-bond acceptors (Lipinski definition) is 6. The van der Waals surface area contributed by atoms with Gasteiger partial charge in [-0.25, -0.2) is 0 Å². The first-order chi connectivity index (χ1) is 21.7. The number of amides is 2. The number of hydrogen-bond donors (Lipinski definition) is 2. The molecule has 2 N–H and O–H groups in total. The maximum absolute atomic E-state index is 13.9. The van der Waals surface area contributed by atoms with Crippen molar-refractivity contribution in [3.8, 4) is 11.1 Å². The molecule has 1 atom stereocenters. The zero-order valence-corrected chi connectivity index (χ0v) is 26.9. The van der Waals surface area contributed by atoms with E-state index < -0.39 is 0 Å². The van der Waals surface area contributed by atoms with Crippen molar-refractivity contribution in [2.75, 3.05) is 50.8 Å². The largest absolute Gasteiger partial charge is 0.379 e. The summed E-state index contributed by atoms with van der Waals surface area (Å²) in [5, 5.41) is 3.02. The molecule has 5 rings (SSSR count). The minimum absolute atomic E-state index is 0.0578. The Morgan fingerprint density at radius 1 is 1.09 bits per heavy atom. The summed E-state index contributed by atoms with van der Waals surface area (Å²) < 4.78 is 5.53. The van der Waals surface area contributed by atoms with E-state index in [0.29, 0.717) is 24.2 Å². The van der Waals surface area contributed by atoms with Gasteiger partial charge in [-0.2, -0.15) is 0 Å². The SMILES string of the molecule is C=CC(=O)N1CCC(N(CC)c2cc(-c3cccc(CN4CCOCC4)c3)cc(C(=O)NCc3c(C)cc(C)[nH]c3=O)c2C)C1. The minimum Gasteiger partial charge on any atom is -0.379 e. The molecule has 0 saturated carbocycles. The molecular weight excluding hydrogens is 566 g/mol. The molecule has 3 heterocycles. The Morgan fingerprint density at radius 3 is 2.58 bits per heavy atom. The lowest BCUT2D eigenvalue weighted by Crippen LogP contribution is -2.39. The third-order valence-corrected chi connectivity index (χ3v) is 9.06. The van der Waals surface area contributed by atoms with Gasteiger partial charge in [-0.05, 0) is 92.3 Å². The van der Waals surface area contributed by atoms with E-state index in [1.807, 2.05) is 37.8 Å². The lowest BCUT2D eigenvalue weighted by atomic mass is 9.95. The number of aromatic nitrogens is 1. The molecule has 2 aromatic carbocycles. The van der Waals surface area contributed by atoms with Crippen LogP contribution in [-0.2, 0) is 22.6 Å². The van der Waals surface area contributed by atoms with Gasteiger partial charge in [0, 0.05) is 74.4 Å². The fraction of sp³-hybridized carbons (Fsp3) is 0.417. The van der Waals surface area contributed by atoms with Crippen LogP contribution in [0.3, 0.4) is 0 Å². The molecule has 0 bridgehead atoms. The first-order valence-electron chi connectivity index (χ1n) is 15.9. The number of likely N-dealkylation sites (tertiary alicyclic amines) is 1. The van der Waals surface area contributed by atoms with Crippen LogP contribution in [0.15, 0.2) is 59.9 Å². The average Bonchev–Trinajstić information content (AvgIpc) is 3.52. The van der Waals surface area contributed by atoms with Gasteiger partial charge in [0.25, 0.3) is 11.5 Å². The number of H-pyrrole nitrogens is 1. The van der Waals surface area contributed by atoms with Crippen LogP contribution in [0.2, 0.25) is 0 Å². The summed E-state index contributed by atoms with van der Waals surface area (Å²) >= 11 is 0. The van der Waals surface area contributed by atoms with Gasteiger partial charge >= 0.3 is 0 Å². The number of nitrogens with one attached hydrogen (secondary N) is 2. The second-order valence-corrected chi connectivity index (χ2v) is 12.1. The van der Waals surface area contributed by atoms with Gasteiger partial charge in [-0.3, -0.25) is 19.3 Å². The van der Waals surface area contributed by atoms with Crippen molar-refractivity contribution in [3.05, 3.63) is 99.0 Å². The van der Waals surface area contributed by atoms with Crippen molar-refractivity contribution in [1.29, 1.82) is 0 Å². The average molecular weight is 612 g/mol. The summed E-state index contributed by atoms with van der Waals surface area (Å²) in [6.45, 7) is 17.8. The van der Waals surface area contributed by atoms with Crippen molar-refractivity contribution >= 4 is 17.5 Å². The molecule has 2 aliphatic rings. The van der Waals surface area contributed by atoms with Crippen molar-refractivity contribution < 1.29 is 14.3 Å². The second kappa shape index (κ2) is 14.3. The monoisotopic (exact) mass is 611 g/mol. The van der Waals surface area contributed by atoms with E-state index in [1.54, 1.807) is 0 Å². The summed E-state index contributed by atoms with van der Waals surface area (Å²) in [6, 6.07) is 14.7. The van der Waals surface area contributed by atoms with Crippen LogP contribution in [-0.4, -0.2) is 78.6 Å². The van der Waals surface area contributed by atoms with E-state index in [1.165, 1.54) is 11.6 Å². The van der Waals surface area contributed by atoms with E-state index in [4.69, 9.17) is 4.74 Å². The number of ether oxygens (including phenoxy) is 1. The van der Waals surface area contributed by atoms with E-state index in [2.05, 4.69) is 63.9 Å². The highest BCUT2D eigenvalue weighted by atomic mass is 16.5.